The van der Waals surface area contributed by atoms with Crippen molar-refractivity contribution in [2.45, 2.75) is 30.9 Å². The molecule has 0 bridgehead atoms. The molecule has 1 fully saturated rings. The lowest BCUT2D eigenvalue weighted by atomic mass is 10.1. The monoisotopic (exact) mass is 469 g/mol. The lowest BCUT2D eigenvalue weighted by molar-refractivity contribution is -0.125. The van der Waals surface area contributed by atoms with E-state index < -0.39 is 5.50 Å². The number of hydrogen-bond acceptors (Lipinski definition) is 7. The summed E-state index contributed by atoms with van der Waals surface area (Å²) in [7, 11) is 0. The van der Waals surface area contributed by atoms with Gasteiger partial charge in [0.2, 0.25) is 17.7 Å². The summed E-state index contributed by atoms with van der Waals surface area (Å²) in [6, 6.07) is 17.0. The molecule has 32 heavy (non-hydrogen) atoms. The Bertz CT molecular complexity index is 1070. The zero-order valence-electron chi connectivity index (χ0n) is 17.2. The quantitative estimate of drug-likeness (QED) is 0.403. The van der Waals surface area contributed by atoms with Crippen LogP contribution in [0.4, 0.5) is 5.13 Å². The molecule has 4 N–H and O–H groups in total. The summed E-state index contributed by atoms with van der Waals surface area (Å²) in [4.78, 5) is 41.1. The molecular weight excluding hydrogens is 446 g/mol. The molecule has 10 heteroatoms. The normalized spacial score (nSPS) is 18.2. The topological polar surface area (TPSA) is 112 Å². The molecule has 0 aliphatic carbocycles. The average molecular weight is 470 g/mol. The predicted octanol–water partition coefficient (Wildman–Crippen LogP) is 2.44. The first-order valence-electron chi connectivity index (χ1n) is 10.2. The molecule has 1 aliphatic rings. The van der Waals surface area contributed by atoms with Crippen LogP contribution in [0.3, 0.4) is 0 Å². The van der Waals surface area contributed by atoms with Crippen LogP contribution in [0.15, 0.2) is 54.6 Å². The molecule has 2 aromatic carbocycles. The molecular formula is C22H23N5O3S2. The second-order valence-corrected chi connectivity index (χ2v) is 9.45. The molecule has 166 valence electrons. The Morgan fingerprint density at radius 3 is 2.69 bits per heavy atom. The highest BCUT2D eigenvalue weighted by Gasteiger charge is 2.28. The van der Waals surface area contributed by atoms with Crippen LogP contribution in [0.1, 0.15) is 18.4 Å². The lowest BCUT2D eigenvalue weighted by Gasteiger charge is -2.30. The largest absolute Gasteiger partial charge is 0.352 e. The highest BCUT2D eigenvalue weighted by atomic mass is 32.2. The van der Waals surface area contributed by atoms with Gasteiger partial charge in [0, 0.05) is 25.4 Å². The maximum Gasteiger partial charge on any atom is 0.236 e. The zero-order chi connectivity index (χ0) is 22.3. The molecule has 2 heterocycles. The number of amides is 3. The number of rotatable bonds is 8. The van der Waals surface area contributed by atoms with Gasteiger partial charge in [-0.2, -0.15) is 0 Å². The molecule has 0 spiro atoms. The summed E-state index contributed by atoms with van der Waals surface area (Å²) in [6.07, 6.45) is 0.406. The maximum atomic E-state index is 12.3. The van der Waals surface area contributed by atoms with E-state index in [1.807, 2.05) is 54.6 Å². The molecule has 3 aromatic rings. The summed E-state index contributed by atoms with van der Waals surface area (Å²) in [5, 5.41) is 12.3. The molecule has 1 aliphatic heterocycles. The van der Waals surface area contributed by atoms with E-state index in [0.717, 1.165) is 15.8 Å². The summed E-state index contributed by atoms with van der Waals surface area (Å²) >= 11 is 2.68. The fourth-order valence-electron chi connectivity index (χ4n) is 3.30. The van der Waals surface area contributed by atoms with Crippen molar-refractivity contribution in [1.82, 2.24) is 20.9 Å². The number of carbonyl (C=O) groups excluding carboxylic acids is 3. The number of thioether (sulfide) groups is 1. The molecule has 8 nitrogen and oxygen atoms in total. The molecule has 1 aromatic heterocycles. The number of carbonyl (C=O) groups is 3. The fraction of sp³-hybridized carbons (Fsp3) is 0.273. The van der Waals surface area contributed by atoms with Gasteiger partial charge in [0.1, 0.15) is 5.50 Å². The molecule has 2 unspecified atom stereocenters. The molecule has 0 saturated carbocycles. The summed E-state index contributed by atoms with van der Waals surface area (Å²) in [6.45, 7) is 0.447. The first kappa shape index (κ1) is 22.3. The van der Waals surface area contributed by atoms with Gasteiger partial charge in [-0.1, -0.05) is 53.8 Å². The van der Waals surface area contributed by atoms with E-state index in [1.54, 1.807) is 0 Å². The second kappa shape index (κ2) is 10.6. The average Bonchev–Trinajstić information content (AvgIpc) is 3.19. The minimum atomic E-state index is -0.440. The molecule has 2 atom stereocenters. The predicted molar refractivity (Wildman–Crippen MR) is 127 cm³/mol. The number of fused-ring (bicyclic) bond motifs is 1. The van der Waals surface area contributed by atoms with Crippen LogP contribution in [-0.2, 0) is 20.9 Å². The third-order valence-electron chi connectivity index (χ3n) is 4.80. The second-order valence-electron chi connectivity index (χ2n) is 7.33. The third kappa shape index (κ3) is 6.28. The van der Waals surface area contributed by atoms with E-state index in [0.29, 0.717) is 11.7 Å². The summed E-state index contributed by atoms with van der Waals surface area (Å²) in [5.74, 6) is -0.333. The number of anilines is 1. The smallest absolute Gasteiger partial charge is 0.236 e. The standard InChI is InChI=1S/C22H23N5O3S2/c28-18(23-12-14-6-2-1-3-7-14)10-15-11-19(29)26-21(24-15)31-13-20(30)27-22-25-16-8-4-5-9-17(16)32-22/h1-9,15,21,24H,10-13H2,(H,23,28)(H,26,29)(H,25,27,30). The Kier molecular flexibility index (Phi) is 7.35. The van der Waals surface area contributed by atoms with E-state index in [9.17, 15) is 14.4 Å². The van der Waals surface area contributed by atoms with Crippen molar-refractivity contribution >= 4 is 56.2 Å². The number of thiazole rings is 1. The van der Waals surface area contributed by atoms with Gasteiger partial charge in [-0.3, -0.25) is 19.7 Å². The van der Waals surface area contributed by atoms with Crippen molar-refractivity contribution in [3.63, 3.8) is 0 Å². The van der Waals surface area contributed by atoms with E-state index in [2.05, 4.69) is 26.3 Å². The van der Waals surface area contributed by atoms with Gasteiger partial charge < -0.3 is 16.0 Å². The van der Waals surface area contributed by atoms with Gasteiger partial charge in [0.05, 0.1) is 16.0 Å². The van der Waals surface area contributed by atoms with Crippen LogP contribution in [0, 0.1) is 0 Å². The van der Waals surface area contributed by atoms with Crippen LogP contribution in [0.5, 0.6) is 0 Å². The maximum absolute atomic E-state index is 12.3. The van der Waals surface area contributed by atoms with Gasteiger partial charge in [0.25, 0.3) is 0 Å². The summed E-state index contributed by atoms with van der Waals surface area (Å²) < 4.78 is 1.00. The summed E-state index contributed by atoms with van der Waals surface area (Å²) in [5.41, 5.74) is 1.42. The number of para-hydroxylation sites is 1. The van der Waals surface area contributed by atoms with Gasteiger partial charge in [-0.15, -0.1) is 11.8 Å². The van der Waals surface area contributed by atoms with Gasteiger partial charge in [-0.05, 0) is 17.7 Å². The number of aromatic nitrogens is 1. The van der Waals surface area contributed by atoms with Gasteiger partial charge in [0.15, 0.2) is 5.13 Å². The number of benzene rings is 2. The lowest BCUT2D eigenvalue weighted by Crippen LogP contribution is -2.56. The molecule has 3 amide bonds. The Labute approximate surface area is 193 Å². The first-order chi connectivity index (χ1) is 15.5. The van der Waals surface area contributed by atoms with Crippen LogP contribution >= 0.6 is 23.1 Å². The van der Waals surface area contributed by atoms with Crippen LogP contribution in [0.25, 0.3) is 10.2 Å². The van der Waals surface area contributed by atoms with Crippen molar-refractivity contribution in [2.24, 2.45) is 0 Å². The SMILES string of the molecule is O=C(CC1CC(=O)NC(SCC(=O)Nc2nc3ccccc3s2)N1)NCc1ccccc1. The van der Waals surface area contributed by atoms with Crippen LogP contribution in [-0.4, -0.2) is 40.0 Å². The Morgan fingerprint density at radius 2 is 1.88 bits per heavy atom. The van der Waals surface area contributed by atoms with Crippen molar-refractivity contribution in [1.29, 1.82) is 0 Å². The van der Waals surface area contributed by atoms with Crippen molar-refractivity contribution < 1.29 is 14.4 Å². The van der Waals surface area contributed by atoms with Crippen LogP contribution in [0.2, 0.25) is 0 Å². The number of nitrogens with one attached hydrogen (secondary N) is 4. The molecule has 1 saturated heterocycles. The number of nitrogens with zero attached hydrogens (tertiary/aromatic N) is 1. The van der Waals surface area contributed by atoms with Crippen molar-refractivity contribution in [2.75, 3.05) is 11.1 Å². The minimum absolute atomic E-state index is 0.126. The highest BCUT2D eigenvalue weighted by Crippen LogP contribution is 2.25. The highest BCUT2D eigenvalue weighted by molar-refractivity contribution is 8.00. The third-order valence-corrected chi connectivity index (χ3v) is 6.76. The molecule has 0 radical (unpaired) electrons. The van der Waals surface area contributed by atoms with Crippen molar-refractivity contribution in [3.8, 4) is 0 Å². The zero-order valence-corrected chi connectivity index (χ0v) is 18.8. The van der Waals surface area contributed by atoms with E-state index in [-0.39, 0.29) is 42.4 Å². The Hall–Kier alpha value is -2.95. The Morgan fingerprint density at radius 1 is 1.09 bits per heavy atom. The van der Waals surface area contributed by atoms with E-state index in [1.165, 1.54) is 23.1 Å². The molecule has 4 rings (SSSR count). The van der Waals surface area contributed by atoms with Crippen molar-refractivity contribution in [3.05, 3.63) is 60.2 Å². The van der Waals surface area contributed by atoms with E-state index in [4.69, 9.17) is 0 Å². The van der Waals surface area contributed by atoms with Crippen LogP contribution < -0.4 is 21.3 Å². The van der Waals surface area contributed by atoms with Gasteiger partial charge in [-0.25, -0.2) is 4.98 Å². The first-order valence-corrected chi connectivity index (χ1v) is 12.0. The van der Waals surface area contributed by atoms with Gasteiger partial charge >= 0.3 is 0 Å². The minimum Gasteiger partial charge on any atom is -0.352 e. The Balaban J connectivity index is 1.22. The fourth-order valence-corrected chi connectivity index (χ4v) is 5.07. The van der Waals surface area contributed by atoms with E-state index >= 15 is 0 Å². The number of hydrogen-bond donors (Lipinski definition) is 4.